The summed E-state index contributed by atoms with van der Waals surface area (Å²) in [7, 11) is 0. The maximum absolute atomic E-state index is 13.3. The van der Waals surface area contributed by atoms with Gasteiger partial charge in [-0.2, -0.15) is 0 Å². The van der Waals surface area contributed by atoms with Crippen molar-refractivity contribution in [3.05, 3.63) is 46.2 Å². The molecule has 1 fully saturated rings. The van der Waals surface area contributed by atoms with Crippen LogP contribution in [0.4, 0.5) is 4.39 Å². The summed E-state index contributed by atoms with van der Waals surface area (Å²) in [5, 5.41) is 3.38. The zero-order valence-electron chi connectivity index (χ0n) is 10.4. The van der Waals surface area contributed by atoms with Gasteiger partial charge in [0.05, 0.1) is 10.4 Å². The molecule has 0 spiro atoms. The van der Waals surface area contributed by atoms with Crippen LogP contribution >= 0.6 is 11.3 Å². The van der Waals surface area contributed by atoms with Crippen molar-refractivity contribution in [3.8, 4) is 5.75 Å². The molecule has 3 nitrogen and oxygen atoms in total. The molecular weight excluding hydrogens is 263 g/mol. The van der Waals surface area contributed by atoms with Crippen LogP contribution in [0, 0.1) is 5.82 Å². The highest BCUT2D eigenvalue weighted by Crippen LogP contribution is 2.24. The number of nitrogens with one attached hydrogen (secondary N) is 1. The maximum Gasteiger partial charge on any atom is 0.124 e. The van der Waals surface area contributed by atoms with Gasteiger partial charge in [-0.3, -0.25) is 4.98 Å². The highest BCUT2D eigenvalue weighted by molar-refractivity contribution is 7.09. The van der Waals surface area contributed by atoms with E-state index in [9.17, 15) is 4.39 Å². The maximum atomic E-state index is 13.3. The first-order valence-corrected chi connectivity index (χ1v) is 7.21. The molecule has 5 heteroatoms. The average molecular weight is 278 g/mol. The van der Waals surface area contributed by atoms with E-state index in [1.54, 1.807) is 29.1 Å². The minimum Gasteiger partial charge on any atom is -0.488 e. The third kappa shape index (κ3) is 3.52. The van der Waals surface area contributed by atoms with E-state index in [1.807, 2.05) is 0 Å². The third-order valence-corrected chi connectivity index (χ3v) is 3.79. The second-order valence-corrected chi connectivity index (χ2v) is 5.63. The molecular formula is C14H15FN2OS. The highest BCUT2D eigenvalue weighted by Gasteiger charge is 2.20. The Balaban J connectivity index is 1.67. The van der Waals surface area contributed by atoms with E-state index in [-0.39, 0.29) is 5.82 Å². The van der Waals surface area contributed by atoms with Crippen LogP contribution in [-0.2, 0) is 13.2 Å². The molecule has 1 aromatic carbocycles. The van der Waals surface area contributed by atoms with Gasteiger partial charge in [-0.25, -0.2) is 4.39 Å². The van der Waals surface area contributed by atoms with Gasteiger partial charge in [0.15, 0.2) is 0 Å². The van der Waals surface area contributed by atoms with Crippen molar-refractivity contribution in [2.45, 2.75) is 32.0 Å². The number of hydrogen-bond acceptors (Lipinski definition) is 4. The van der Waals surface area contributed by atoms with E-state index in [1.165, 1.54) is 25.0 Å². The van der Waals surface area contributed by atoms with Gasteiger partial charge in [0.2, 0.25) is 0 Å². The zero-order valence-corrected chi connectivity index (χ0v) is 11.3. The third-order valence-electron chi connectivity index (χ3n) is 3.03. The molecule has 1 aliphatic rings. The van der Waals surface area contributed by atoms with Gasteiger partial charge >= 0.3 is 0 Å². The fourth-order valence-electron chi connectivity index (χ4n) is 1.83. The summed E-state index contributed by atoms with van der Waals surface area (Å²) in [5.41, 5.74) is 2.65. The van der Waals surface area contributed by atoms with Gasteiger partial charge in [-0.05, 0) is 31.0 Å². The molecule has 100 valence electrons. The van der Waals surface area contributed by atoms with Crippen LogP contribution in [0.15, 0.2) is 29.9 Å². The summed E-state index contributed by atoms with van der Waals surface area (Å²) in [6, 6.07) is 5.26. The summed E-state index contributed by atoms with van der Waals surface area (Å²) >= 11 is 1.55. The summed E-state index contributed by atoms with van der Waals surface area (Å²) in [5.74, 6) is 0.515. The lowest BCUT2D eigenvalue weighted by Gasteiger charge is -2.11. The van der Waals surface area contributed by atoms with Crippen LogP contribution in [0.25, 0.3) is 0 Å². The van der Waals surface area contributed by atoms with Crippen LogP contribution in [0.1, 0.15) is 23.3 Å². The van der Waals surface area contributed by atoms with Crippen LogP contribution in [0.5, 0.6) is 5.75 Å². The topological polar surface area (TPSA) is 34.1 Å². The molecule has 0 bridgehead atoms. The van der Waals surface area contributed by atoms with Crippen LogP contribution in [0.2, 0.25) is 0 Å². The molecule has 19 heavy (non-hydrogen) atoms. The Hall–Kier alpha value is -1.46. The van der Waals surface area contributed by atoms with E-state index in [2.05, 4.69) is 10.3 Å². The molecule has 0 atom stereocenters. The zero-order chi connectivity index (χ0) is 13.1. The minimum atomic E-state index is -0.224. The fourth-order valence-corrected chi connectivity index (χ4v) is 2.34. The predicted molar refractivity (Wildman–Crippen MR) is 72.7 cm³/mol. The molecule has 0 aliphatic heterocycles. The molecule has 0 saturated heterocycles. The monoisotopic (exact) mass is 278 g/mol. The van der Waals surface area contributed by atoms with Gasteiger partial charge in [0, 0.05) is 24.3 Å². The first-order valence-electron chi connectivity index (χ1n) is 6.33. The Bertz CT molecular complexity index is 540. The van der Waals surface area contributed by atoms with Crippen molar-refractivity contribution in [1.82, 2.24) is 10.3 Å². The number of halogens is 1. The summed E-state index contributed by atoms with van der Waals surface area (Å²) in [4.78, 5) is 5.07. The molecule has 2 aromatic rings. The molecule has 1 aromatic heterocycles. The van der Waals surface area contributed by atoms with Crippen molar-refractivity contribution >= 4 is 11.3 Å². The SMILES string of the molecule is Fc1ccc(OCc2cncs2)c(CNC2CC2)c1. The summed E-state index contributed by atoms with van der Waals surface area (Å²) < 4.78 is 19.1. The highest BCUT2D eigenvalue weighted by atomic mass is 32.1. The van der Waals surface area contributed by atoms with Crippen LogP contribution in [0.3, 0.4) is 0 Å². The van der Waals surface area contributed by atoms with Gasteiger partial charge in [0.25, 0.3) is 0 Å². The molecule has 0 amide bonds. The number of rotatable bonds is 6. The van der Waals surface area contributed by atoms with Crippen molar-refractivity contribution < 1.29 is 9.13 Å². The number of aromatic nitrogens is 1. The van der Waals surface area contributed by atoms with Crippen molar-refractivity contribution in [1.29, 1.82) is 0 Å². The number of benzene rings is 1. The lowest BCUT2D eigenvalue weighted by molar-refractivity contribution is 0.304. The Kier molecular flexibility index (Phi) is 3.75. The van der Waals surface area contributed by atoms with E-state index in [4.69, 9.17) is 4.74 Å². The number of hydrogen-bond donors (Lipinski definition) is 1. The Morgan fingerprint density at radius 1 is 1.42 bits per heavy atom. The Morgan fingerprint density at radius 3 is 3.05 bits per heavy atom. The number of ether oxygens (including phenoxy) is 1. The summed E-state index contributed by atoms with van der Waals surface area (Å²) in [6.45, 7) is 1.13. The minimum absolute atomic E-state index is 0.224. The van der Waals surface area contributed by atoms with Gasteiger partial charge in [0.1, 0.15) is 18.2 Å². The number of nitrogens with zero attached hydrogens (tertiary/aromatic N) is 1. The van der Waals surface area contributed by atoms with Crippen LogP contribution < -0.4 is 10.1 Å². The smallest absolute Gasteiger partial charge is 0.124 e. The molecule has 1 heterocycles. The van der Waals surface area contributed by atoms with E-state index in [0.29, 0.717) is 19.2 Å². The first-order chi connectivity index (χ1) is 9.31. The fraction of sp³-hybridized carbons (Fsp3) is 0.357. The number of thiazole rings is 1. The van der Waals surface area contributed by atoms with Gasteiger partial charge in [-0.15, -0.1) is 11.3 Å². The average Bonchev–Trinajstić information content (AvgIpc) is 3.10. The normalized spacial score (nSPS) is 14.6. The van der Waals surface area contributed by atoms with Crippen LogP contribution in [-0.4, -0.2) is 11.0 Å². The Morgan fingerprint density at radius 2 is 2.32 bits per heavy atom. The molecule has 0 unspecified atom stereocenters. The molecule has 1 aliphatic carbocycles. The van der Waals surface area contributed by atoms with E-state index >= 15 is 0 Å². The lowest BCUT2D eigenvalue weighted by Crippen LogP contribution is -2.16. The molecule has 0 radical (unpaired) electrons. The second-order valence-electron chi connectivity index (χ2n) is 4.66. The first kappa shape index (κ1) is 12.6. The van der Waals surface area contributed by atoms with Crippen molar-refractivity contribution in [2.75, 3.05) is 0 Å². The van der Waals surface area contributed by atoms with Gasteiger partial charge < -0.3 is 10.1 Å². The standard InChI is InChI=1S/C14H15FN2OS/c15-11-1-4-14(18-8-13-7-16-9-19-13)10(5-11)6-17-12-2-3-12/h1,4-5,7,9,12,17H,2-3,6,8H2. The molecule has 1 saturated carbocycles. The van der Waals surface area contributed by atoms with E-state index < -0.39 is 0 Å². The van der Waals surface area contributed by atoms with Crippen molar-refractivity contribution in [3.63, 3.8) is 0 Å². The van der Waals surface area contributed by atoms with E-state index in [0.717, 1.165) is 16.2 Å². The molecule has 3 rings (SSSR count). The lowest BCUT2D eigenvalue weighted by atomic mass is 10.2. The predicted octanol–water partition coefficient (Wildman–Crippen LogP) is 3.11. The Labute approximate surface area is 115 Å². The van der Waals surface area contributed by atoms with Crippen molar-refractivity contribution in [2.24, 2.45) is 0 Å². The second kappa shape index (κ2) is 5.67. The largest absolute Gasteiger partial charge is 0.488 e. The quantitative estimate of drug-likeness (QED) is 0.881. The molecule has 1 N–H and O–H groups in total. The summed E-state index contributed by atoms with van der Waals surface area (Å²) in [6.07, 6.45) is 4.22. The van der Waals surface area contributed by atoms with Gasteiger partial charge in [-0.1, -0.05) is 0 Å².